The monoisotopic (exact) mass is 441 g/mol. The highest BCUT2D eigenvalue weighted by Crippen LogP contribution is 2.20. The molecule has 2 fully saturated rings. The van der Waals surface area contributed by atoms with Crippen LogP contribution in [0.5, 0.6) is 0 Å². The highest BCUT2D eigenvalue weighted by molar-refractivity contribution is 7.92. The topological polar surface area (TPSA) is 105 Å². The summed E-state index contributed by atoms with van der Waals surface area (Å²) in [7, 11) is -3.39. The minimum Gasteiger partial charge on any atom is -0.444 e. The van der Waals surface area contributed by atoms with Crippen molar-refractivity contribution in [1.29, 1.82) is 0 Å². The molecule has 2 aliphatic rings. The van der Waals surface area contributed by atoms with Gasteiger partial charge in [0, 0.05) is 39.6 Å². The minimum absolute atomic E-state index is 0. The third-order valence-electron chi connectivity index (χ3n) is 5.19. The van der Waals surface area contributed by atoms with Gasteiger partial charge in [-0.3, -0.25) is 9.52 Å². The maximum atomic E-state index is 12.8. The number of nitrogens with one attached hydrogen (secondary N) is 1. The molecule has 2 heterocycles. The molecule has 0 aromatic heterocycles. The van der Waals surface area contributed by atoms with Gasteiger partial charge in [0.2, 0.25) is 10.0 Å². The van der Waals surface area contributed by atoms with Crippen molar-refractivity contribution >= 4 is 27.7 Å². The summed E-state index contributed by atoms with van der Waals surface area (Å²) in [6, 6.07) is 4.93. The molecule has 0 bridgehead atoms. The number of aryl methyl sites for hydroxylation is 1. The van der Waals surface area contributed by atoms with Crippen LogP contribution in [0.1, 0.15) is 37.1 Å². The summed E-state index contributed by atoms with van der Waals surface area (Å²) in [6.45, 7) is 6.26. The van der Waals surface area contributed by atoms with E-state index in [1.54, 1.807) is 41.8 Å². The molecule has 0 aliphatic carbocycles. The quantitative estimate of drug-likeness (QED) is 0.725. The Balaban J connectivity index is 0.00000341. The molecular formula is C20H31N3O6S. The fourth-order valence-corrected chi connectivity index (χ4v) is 4.70. The number of hydrogen-bond donors (Lipinski definition) is 1. The first-order chi connectivity index (χ1) is 14.3. The second-order valence-corrected chi connectivity index (χ2v) is 9.44. The predicted molar refractivity (Wildman–Crippen MR) is 114 cm³/mol. The summed E-state index contributed by atoms with van der Waals surface area (Å²) in [6.07, 6.45) is 0.693. The summed E-state index contributed by atoms with van der Waals surface area (Å²) in [5.74, 6) is -0.0913. The van der Waals surface area contributed by atoms with E-state index in [2.05, 4.69) is 4.72 Å². The predicted octanol–water partition coefficient (Wildman–Crippen LogP) is 2.08. The molecule has 1 aromatic rings. The fraction of sp³-hybridized carbons (Fsp3) is 0.600. The second-order valence-electron chi connectivity index (χ2n) is 7.60. The highest BCUT2D eigenvalue weighted by atomic mass is 32.2. The Morgan fingerprint density at radius 1 is 1.23 bits per heavy atom. The van der Waals surface area contributed by atoms with Crippen LogP contribution in [0.2, 0.25) is 0 Å². The fourth-order valence-electron chi connectivity index (χ4n) is 3.50. The van der Waals surface area contributed by atoms with Gasteiger partial charge < -0.3 is 19.3 Å². The molecule has 1 aromatic carbocycles. The Bertz CT molecular complexity index is 881. The zero-order valence-electron chi connectivity index (χ0n) is 17.4. The molecule has 2 amide bonds. The normalized spacial score (nSPS) is 19.6. The van der Waals surface area contributed by atoms with Gasteiger partial charge >= 0.3 is 6.09 Å². The lowest BCUT2D eigenvalue weighted by molar-refractivity contribution is 0.0370. The molecule has 0 saturated carbocycles. The second kappa shape index (κ2) is 9.65. The zero-order valence-corrected chi connectivity index (χ0v) is 18.2. The molecule has 1 atom stereocenters. The van der Waals surface area contributed by atoms with Crippen molar-refractivity contribution in [2.75, 3.05) is 49.9 Å². The van der Waals surface area contributed by atoms with E-state index in [-0.39, 0.29) is 25.3 Å². The first-order valence-corrected chi connectivity index (χ1v) is 11.9. The molecule has 2 saturated heterocycles. The number of rotatable bonds is 6. The molecular weight excluding hydrogens is 410 g/mol. The Hall–Kier alpha value is -2.33. The van der Waals surface area contributed by atoms with E-state index in [0.717, 1.165) is 0 Å². The van der Waals surface area contributed by atoms with Crippen LogP contribution in [0, 0.1) is 6.92 Å². The lowest BCUT2D eigenvalue weighted by atomic mass is 10.1. The third-order valence-corrected chi connectivity index (χ3v) is 6.67. The maximum Gasteiger partial charge on any atom is 0.410 e. The largest absolute Gasteiger partial charge is 0.444 e. The zero-order chi connectivity index (χ0) is 21.7. The van der Waals surface area contributed by atoms with Crippen molar-refractivity contribution in [1.82, 2.24) is 9.80 Å². The van der Waals surface area contributed by atoms with E-state index in [0.29, 0.717) is 69.0 Å². The molecule has 10 heteroatoms. The van der Waals surface area contributed by atoms with Crippen molar-refractivity contribution < 1.29 is 28.9 Å². The number of amides is 2. The molecule has 0 spiro atoms. The summed E-state index contributed by atoms with van der Waals surface area (Å²) in [5, 5.41) is 0. The number of carbonyl (C=O) groups excluding carboxylic acids is 2. The SMILES string of the molecule is CCCS(=O)(=O)Nc1ccc(C(=O)N2CCN(C(=O)OC3CCOC3)CC2)cc1C.[HH]. The third kappa shape index (κ3) is 5.63. The van der Waals surface area contributed by atoms with Gasteiger partial charge in [0.15, 0.2) is 0 Å². The van der Waals surface area contributed by atoms with E-state index in [1.807, 2.05) is 0 Å². The number of anilines is 1. The van der Waals surface area contributed by atoms with Crippen molar-refractivity contribution in [2.45, 2.75) is 32.8 Å². The number of benzene rings is 1. The summed E-state index contributed by atoms with van der Waals surface area (Å²) < 4.78 is 37.1. The minimum atomic E-state index is -3.39. The van der Waals surface area contributed by atoms with E-state index < -0.39 is 10.0 Å². The molecule has 1 unspecified atom stereocenters. The molecule has 9 nitrogen and oxygen atoms in total. The van der Waals surface area contributed by atoms with Gasteiger partial charge in [-0.1, -0.05) is 6.92 Å². The number of hydrogen-bond acceptors (Lipinski definition) is 6. The number of ether oxygens (including phenoxy) is 2. The number of carbonyl (C=O) groups is 2. The van der Waals surface area contributed by atoms with Crippen molar-refractivity contribution in [3.05, 3.63) is 29.3 Å². The van der Waals surface area contributed by atoms with Gasteiger partial charge in [-0.05, 0) is 37.1 Å². The van der Waals surface area contributed by atoms with Gasteiger partial charge in [0.1, 0.15) is 6.10 Å². The van der Waals surface area contributed by atoms with Crippen molar-refractivity contribution in [2.24, 2.45) is 0 Å². The van der Waals surface area contributed by atoms with E-state index in [9.17, 15) is 18.0 Å². The van der Waals surface area contributed by atoms with Crippen molar-refractivity contribution in [3.63, 3.8) is 0 Å². The van der Waals surface area contributed by atoms with E-state index >= 15 is 0 Å². The average molecular weight is 442 g/mol. The van der Waals surface area contributed by atoms with Crippen LogP contribution in [0.4, 0.5) is 10.5 Å². The van der Waals surface area contributed by atoms with Gasteiger partial charge in [-0.25, -0.2) is 13.2 Å². The van der Waals surface area contributed by atoms with Crippen LogP contribution in [-0.4, -0.2) is 81.5 Å². The molecule has 0 radical (unpaired) electrons. The van der Waals surface area contributed by atoms with Gasteiger partial charge in [0.05, 0.1) is 24.7 Å². The summed E-state index contributed by atoms with van der Waals surface area (Å²) in [5.41, 5.74) is 1.65. The molecule has 2 aliphatic heterocycles. The lowest BCUT2D eigenvalue weighted by Gasteiger charge is -2.34. The van der Waals surface area contributed by atoms with Crippen LogP contribution in [0.15, 0.2) is 18.2 Å². The summed E-state index contributed by atoms with van der Waals surface area (Å²) in [4.78, 5) is 28.4. The van der Waals surface area contributed by atoms with Crippen LogP contribution < -0.4 is 4.72 Å². The number of piperazine rings is 1. The lowest BCUT2D eigenvalue weighted by Crippen LogP contribution is -2.51. The van der Waals surface area contributed by atoms with Crippen LogP contribution in [0.25, 0.3) is 0 Å². The van der Waals surface area contributed by atoms with Crippen LogP contribution >= 0.6 is 0 Å². The van der Waals surface area contributed by atoms with Crippen LogP contribution in [-0.2, 0) is 19.5 Å². The number of nitrogens with zero attached hydrogens (tertiary/aromatic N) is 2. The van der Waals surface area contributed by atoms with Crippen LogP contribution in [0.3, 0.4) is 0 Å². The first-order valence-electron chi connectivity index (χ1n) is 10.2. The van der Waals surface area contributed by atoms with Crippen molar-refractivity contribution in [3.8, 4) is 0 Å². The summed E-state index contributed by atoms with van der Waals surface area (Å²) >= 11 is 0. The standard InChI is InChI=1S/C20H29N3O6S.H2/c1-3-12-30(26,27)21-18-5-4-16(13-15(18)2)19(24)22-7-9-23(10-8-22)20(25)29-17-6-11-28-14-17;/h4-5,13,17,21H,3,6-12,14H2,1-2H3;1H. The average Bonchev–Trinajstić information content (AvgIpc) is 3.22. The molecule has 3 rings (SSSR count). The Labute approximate surface area is 178 Å². The van der Waals surface area contributed by atoms with E-state index in [4.69, 9.17) is 9.47 Å². The highest BCUT2D eigenvalue weighted by Gasteiger charge is 2.28. The van der Waals surface area contributed by atoms with Gasteiger partial charge in [-0.15, -0.1) is 0 Å². The Kier molecular flexibility index (Phi) is 7.19. The Morgan fingerprint density at radius 2 is 1.93 bits per heavy atom. The first kappa shape index (κ1) is 22.4. The van der Waals surface area contributed by atoms with E-state index in [1.165, 1.54) is 0 Å². The smallest absolute Gasteiger partial charge is 0.410 e. The maximum absolute atomic E-state index is 12.8. The van der Waals surface area contributed by atoms with Gasteiger partial charge in [0.25, 0.3) is 5.91 Å². The Morgan fingerprint density at radius 3 is 2.53 bits per heavy atom. The molecule has 30 heavy (non-hydrogen) atoms. The molecule has 1 N–H and O–H groups in total. The molecule has 168 valence electrons. The van der Waals surface area contributed by atoms with Gasteiger partial charge in [-0.2, -0.15) is 0 Å². The number of sulfonamides is 1.